The van der Waals surface area contributed by atoms with Gasteiger partial charge in [-0.3, -0.25) is 4.79 Å². The van der Waals surface area contributed by atoms with E-state index in [1.807, 2.05) is 20.8 Å². The van der Waals surface area contributed by atoms with Crippen molar-refractivity contribution < 1.29 is 19.4 Å². The zero-order valence-electron chi connectivity index (χ0n) is 12.0. The highest BCUT2D eigenvalue weighted by Crippen LogP contribution is 2.16. The van der Waals surface area contributed by atoms with Crippen LogP contribution in [-0.2, 0) is 14.3 Å². The number of ether oxygens (including phenoxy) is 1. The number of nitrogens with zero attached hydrogens (tertiary/aromatic N) is 1. The number of carbonyl (C=O) groups is 2. The molecule has 0 aliphatic heterocycles. The first-order valence-electron chi connectivity index (χ1n) is 6.08. The first kappa shape index (κ1) is 15.9. The lowest BCUT2D eigenvalue weighted by Crippen LogP contribution is -2.24. The Morgan fingerprint density at radius 1 is 1.40 bits per heavy atom. The summed E-state index contributed by atoms with van der Waals surface area (Å²) < 4.78 is 5.52. The second kappa shape index (κ2) is 6.33. The Balaban J connectivity index is 2.64. The molecule has 1 aromatic heterocycles. The third-order valence-corrected chi connectivity index (χ3v) is 2.28. The lowest BCUT2D eigenvalue weighted by Gasteiger charge is -2.20. The van der Waals surface area contributed by atoms with Crippen molar-refractivity contribution in [2.24, 2.45) is 0 Å². The van der Waals surface area contributed by atoms with Crippen molar-refractivity contribution in [2.45, 2.75) is 33.3 Å². The first-order valence-corrected chi connectivity index (χ1v) is 6.08. The van der Waals surface area contributed by atoms with Crippen LogP contribution in [0, 0.1) is 6.92 Å². The molecule has 0 aliphatic carbocycles. The van der Waals surface area contributed by atoms with Gasteiger partial charge in [0.1, 0.15) is 12.5 Å². The summed E-state index contributed by atoms with van der Waals surface area (Å²) in [6, 6.07) is 1.63. The van der Waals surface area contributed by atoms with Crippen LogP contribution in [0.15, 0.2) is 12.3 Å². The van der Waals surface area contributed by atoms with E-state index < -0.39 is 11.9 Å². The number of rotatable bonds is 4. The summed E-state index contributed by atoms with van der Waals surface area (Å²) in [7, 11) is 0. The van der Waals surface area contributed by atoms with Crippen LogP contribution >= 0.6 is 0 Å². The molecule has 1 rings (SSSR count). The molecule has 0 aliphatic rings. The fourth-order valence-corrected chi connectivity index (χ4v) is 1.33. The van der Waals surface area contributed by atoms with E-state index >= 15 is 0 Å². The molecular formula is C13H19N3O4. The molecule has 20 heavy (non-hydrogen) atoms. The predicted molar refractivity (Wildman–Crippen MR) is 74.6 cm³/mol. The molecular weight excluding hydrogens is 262 g/mol. The SMILES string of the molecule is Cc1cc(NC(=O)C(=O)O)cnc1NCOC(C)(C)C. The van der Waals surface area contributed by atoms with E-state index in [9.17, 15) is 9.59 Å². The number of hydrogen-bond acceptors (Lipinski definition) is 5. The largest absolute Gasteiger partial charge is 0.474 e. The molecule has 0 unspecified atom stereocenters. The van der Waals surface area contributed by atoms with Crippen molar-refractivity contribution in [2.75, 3.05) is 17.4 Å². The number of amides is 1. The number of aryl methyl sites for hydroxylation is 1. The third-order valence-electron chi connectivity index (χ3n) is 2.28. The maximum absolute atomic E-state index is 11.0. The molecule has 0 radical (unpaired) electrons. The molecule has 0 saturated carbocycles. The molecule has 1 heterocycles. The van der Waals surface area contributed by atoms with Crippen molar-refractivity contribution in [3.05, 3.63) is 17.8 Å². The minimum Gasteiger partial charge on any atom is -0.474 e. The summed E-state index contributed by atoms with van der Waals surface area (Å²) in [5.74, 6) is -2.02. The average Bonchev–Trinajstić information content (AvgIpc) is 2.30. The van der Waals surface area contributed by atoms with Gasteiger partial charge in [-0.05, 0) is 39.3 Å². The van der Waals surface area contributed by atoms with Crippen molar-refractivity contribution >= 4 is 23.4 Å². The number of aliphatic carboxylic acids is 1. The quantitative estimate of drug-likeness (QED) is 0.572. The highest BCUT2D eigenvalue weighted by Gasteiger charge is 2.13. The van der Waals surface area contributed by atoms with Gasteiger partial charge in [0.25, 0.3) is 0 Å². The molecule has 7 nitrogen and oxygen atoms in total. The van der Waals surface area contributed by atoms with Crippen molar-refractivity contribution in [1.29, 1.82) is 0 Å². The minimum atomic E-state index is -1.54. The van der Waals surface area contributed by atoms with Crippen LogP contribution < -0.4 is 10.6 Å². The topological polar surface area (TPSA) is 101 Å². The molecule has 3 N–H and O–H groups in total. The van der Waals surface area contributed by atoms with Gasteiger partial charge in [0.05, 0.1) is 17.5 Å². The Kier molecular flexibility index (Phi) is 5.04. The standard InChI is InChI=1S/C13H19N3O4/c1-8-5-9(16-11(17)12(18)19)6-14-10(8)15-7-20-13(2,3)4/h5-6H,7H2,1-4H3,(H,14,15)(H,16,17)(H,18,19). The van der Waals surface area contributed by atoms with Gasteiger partial charge in [0.2, 0.25) is 0 Å². The molecule has 110 valence electrons. The summed E-state index contributed by atoms with van der Waals surface area (Å²) in [6.45, 7) is 7.93. The van der Waals surface area contributed by atoms with Gasteiger partial charge in [0, 0.05) is 0 Å². The Hall–Kier alpha value is -2.15. The highest BCUT2D eigenvalue weighted by molar-refractivity contribution is 6.36. The van der Waals surface area contributed by atoms with E-state index in [0.29, 0.717) is 18.2 Å². The van der Waals surface area contributed by atoms with Gasteiger partial charge in [-0.1, -0.05) is 0 Å². The average molecular weight is 281 g/mol. The number of anilines is 2. The fourth-order valence-electron chi connectivity index (χ4n) is 1.33. The zero-order chi connectivity index (χ0) is 15.3. The summed E-state index contributed by atoms with van der Waals surface area (Å²) in [5.41, 5.74) is 0.846. The Morgan fingerprint density at radius 3 is 2.55 bits per heavy atom. The Bertz CT molecular complexity index is 509. The first-order chi connectivity index (χ1) is 9.19. The molecule has 0 bridgehead atoms. The van der Waals surface area contributed by atoms with Gasteiger partial charge in [0.15, 0.2) is 0 Å². The van der Waals surface area contributed by atoms with E-state index in [1.165, 1.54) is 6.20 Å². The molecule has 0 fully saturated rings. The van der Waals surface area contributed by atoms with Crippen molar-refractivity contribution in [3.8, 4) is 0 Å². The van der Waals surface area contributed by atoms with Crippen LogP contribution in [0.5, 0.6) is 0 Å². The third kappa shape index (κ3) is 5.23. The number of carbonyl (C=O) groups excluding carboxylic acids is 1. The maximum Gasteiger partial charge on any atom is 0.394 e. The molecule has 7 heteroatoms. The van der Waals surface area contributed by atoms with Crippen LogP contribution in [-0.4, -0.2) is 34.3 Å². The summed E-state index contributed by atoms with van der Waals surface area (Å²) >= 11 is 0. The van der Waals surface area contributed by atoms with E-state index in [2.05, 4.69) is 15.6 Å². The van der Waals surface area contributed by atoms with Crippen molar-refractivity contribution in [3.63, 3.8) is 0 Å². The monoisotopic (exact) mass is 281 g/mol. The second-order valence-electron chi connectivity index (χ2n) is 5.23. The highest BCUT2D eigenvalue weighted by atomic mass is 16.5. The van der Waals surface area contributed by atoms with E-state index in [1.54, 1.807) is 13.0 Å². The normalized spacial score (nSPS) is 11.0. The number of aromatic nitrogens is 1. The van der Waals surface area contributed by atoms with Gasteiger partial charge >= 0.3 is 11.9 Å². The molecule has 1 amide bonds. The van der Waals surface area contributed by atoms with E-state index in [4.69, 9.17) is 9.84 Å². The molecule has 0 atom stereocenters. The summed E-state index contributed by atoms with van der Waals surface area (Å²) in [4.78, 5) is 25.6. The van der Waals surface area contributed by atoms with Gasteiger partial charge in [-0.15, -0.1) is 0 Å². The van der Waals surface area contributed by atoms with Gasteiger partial charge in [-0.25, -0.2) is 9.78 Å². The number of carboxylic acids is 1. The summed E-state index contributed by atoms with van der Waals surface area (Å²) in [5, 5.41) is 13.7. The maximum atomic E-state index is 11.0. The van der Waals surface area contributed by atoms with Crippen molar-refractivity contribution in [1.82, 2.24) is 4.98 Å². The smallest absolute Gasteiger partial charge is 0.394 e. The summed E-state index contributed by atoms with van der Waals surface area (Å²) in [6.07, 6.45) is 1.38. The fraction of sp³-hybridized carbons (Fsp3) is 0.462. The van der Waals surface area contributed by atoms with Crippen LogP contribution in [0.3, 0.4) is 0 Å². The van der Waals surface area contributed by atoms with E-state index in [0.717, 1.165) is 5.56 Å². The number of carboxylic acid groups (broad SMARTS) is 1. The van der Waals surface area contributed by atoms with Gasteiger partial charge in [-0.2, -0.15) is 0 Å². The lowest BCUT2D eigenvalue weighted by atomic mass is 10.2. The van der Waals surface area contributed by atoms with Gasteiger partial charge < -0.3 is 20.5 Å². The Morgan fingerprint density at radius 2 is 2.05 bits per heavy atom. The zero-order valence-corrected chi connectivity index (χ0v) is 12.0. The molecule has 0 aromatic carbocycles. The molecule has 0 spiro atoms. The molecule has 1 aromatic rings. The Labute approximate surface area is 117 Å². The number of hydrogen-bond donors (Lipinski definition) is 3. The van der Waals surface area contributed by atoms with E-state index in [-0.39, 0.29) is 5.60 Å². The van der Waals surface area contributed by atoms with Crippen LogP contribution in [0.1, 0.15) is 26.3 Å². The van der Waals surface area contributed by atoms with Crippen LogP contribution in [0.2, 0.25) is 0 Å². The minimum absolute atomic E-state index is 0.254. The lowest BCUT2D eigenvalue weighted by molar-refractivity contribution is -0.147. The number of nitrogens with one attached hydrogen (secondary N) is 2. The van der Waals surface area contributed by atoms with Crippen LogP contribution in [0.4, 0.5) is 11.5 Å². The predicted octanol–water partition coefficient (Wildman–Crippen LogP) is 1.60. The van der Waals surface area contributed by atoms with Crippen LogP contribution in [0.25, 0.3) is 0 Å². The molecule has 0 saturated heterocycles. The number of pyridine rings is 1. The second-order valence-corrected chi connectivity index (χ2v) is 5.23.